The Morgan fingerprint density at radius 1 is 1.06 bits per heavy atom. The van der Waals surface area contributed by atoms with Crippen LogP contribution in [0.25, 0.3) is 11.4 Å². The second-order valence-electron chi connectivity index (χ2n) is 8.20. The first kappa shape index (κ1) is 20.5. The van der Waals surface area contributed by atoms with Gasteiger partial charge in [-0.2, -0.15) is 4.80 Å². The maximum Gasteiger partial charge on any atom is 0.246 e. The molecule has 0 saturated carbocycles. The average Bonchev–Trinajstić information content (AvgIpc) is 3.44. The second kappa shape index (κ2) is 8.98. The van der Waals surface area contributed by atoms with Gasteiger partial charge in [0.25, 0.3) is 0 Å². The quantitative estimate of drug-likeness (QED) is 0.613. The Hall–Kier alpha value is -3.42. The van der Waals surface area contributed by atoms with Crippen LogP contribution in [0.4, 0.5) is 0 Å². The number of hydrogen-bond donors (Lipinski definition) is 0. The van der Waals surface area contributed by atoms with Gasteiger partial charge in [-0.05, 0) is 47.7 Å². The molecule has 166 valence electrons. The fourth-order valence-electron chi connectivity index (χ4n) is 4.33. The van der Waals surface area contributed by atoms with Crippen LogP contribution in [0.15, 0.2) is 42.5 Å². The number of ether oxygens (including phenoxy) is 2. The minimum atomic E-state index is -0.00936. The first-order valence-electron chi connectivity index (χ1n) is 11.3. The van der Waals surface area contributed by atoms with Crippen LogP contribution in [0.1, 0.15) is 43.4 Å². The Bertz CT molecular complexity index is 1100. The SMILES string of the molecule is CCc1ccc(-c2nnn(CC(=O)N3CCCC3c3ccc4c(c3)OCCCO4)n2)cc1. The van der Waals surface area contributed by atoms with E-state index in [1.807, 2.05) is 35.2 Å². The molecule has 0 spiro atoms. The highest BCUT2D eigenvalue weighted by molar-refractivity contribution is 5.76. The zero-order valence-electron chi connectivity index (χ0n) is 18.2. The Kier molecular flexibility index (Phi) is 5.75. The van der Waals surface area contributed by atoms with E-state index in [9.17, 15) is 4.79 Å². The predicted octanol–water partition coefficient (Wildman–Crippen LogP) is 3.43. The van der Waals surface area contributed by atoms with Crippen LogP contribution < -0.4 is 9.47 Å². The maximum absolute atomic E-state index is 13.1. The number of likely N-dealkylation sites (tertiary alicyclic amines) is 1. The molecule has 8 nitrogen and oxygen atoms in total. The van der Waals surface area contributed by atoms with E-state index in [0.29, 0.717) is 19.0 Å². The van der Waals surface area contributed by atoms with E-state index in [2.05, 4.69) is 34.5 Å². The molecule has 1 atom stereocenters. The third-order valence-corrected chi connectivity index (χ3v) is 6.08. The van der Waals surface area contributed by atoms with E-state index >= 15 is 0 Å². The number of aromatic nitrogens is 4. The second-order valence-corrected chi connectivity index (χ2v) is 8.20. The summed E-state index contributed by atoms with van der Waals surface area (Å²) in [6.45, 7) is 4.22. The number of aryl methyl sites for hydroxylation is 1. The Morgan fingerprint density at radius 3 is 2.69 bits per heavy atom. The van der Waals surface area contributed by atoms with Gasteiger partial charge >= 0.3 is 0 Å². The third-order valence-electron chi connectivity index (χ3n) is 6.08. The number of rotatable bonds is 5. The fraction of sp³-hybridized carbons (Fsp3) is 0.417. The maximum atomic E-state index is 13.1. The number of nitrogens with zero attached hydrogens (tertiary/aromatic N) is 5. The molecule has 1 aromatic heterocycles. The van der Waals surface area contributed by atoms with Gasteiger partial charge in [0.2, 0.25) is 11.7 Å². The van der Waals surface area contributed by atoms with Gasteiger partial charge < -0.3 is 14.4 Å². The summed E-state index contributed by atoms with van der Waals surface area (Å²) in [5.41, 5.74) is 3.22. The minimum absolute atomic E-state index is 0.00936. The van der Waals surface area contributed by atoms with Gasteiger partial charge in [0.1, 0.15) is 6.54 Å². The molecule has 0 aliphatic carbocycles. The highest BCUT2D eigenvalue weighted by Gasteiger charge is 2.31. The highest BCUT2D eigenvalue weighted by Crippen LogP contribution is 2.38. The van der Waals surface area contributed by atoms with Gasteiger partial charge in [0, 0.05) is 18.5 Å². The average molecular weight is 434 g/mol. The summed E-state index contributed by atoms with van der Waals surface area (Å²) in [4.78, 5) is 16.4. The Labute approximate surface area is 187 Å². The van der Waals surface area contributed by atoms with Gasteiger partial charge in [0.15, 0.2) is 11.5 Å². The number of benzene rings is 2. The summed E-state index contributed by atoms with van der Waals surface area (Å²) < 4.78 is 11.6. The number of carbonyl (C=O) groups is 1. The van der Waals surface area contributed by atoms with Crippen molar-refractivity contribution in [2.45, 2.75) is 45.2 Å². The van der Waals surface area contributed by atoms with Crippen molar-refractivity contribution in [1.29, 1.82) is 0 Å². The lowest BCUT2D eigenvalue weighted by atomic mass is 10.0. The molecule has 2 aliphatic rings. The van der Waals surface area contributed by atoms with Crippen molar-refractivity contribution in [3.63, 3.8) is 0 Å². The highest BCUT2D eigenvalue weighted by atomic mass is 16.5. The van der Waals surface area contributed by atoms with Crippen molar-refractivity contribution < 1.29 is 14.3 Å². The summed E-state index contributed by atoms with van der Waals surface area (Å²) in [7, 11) is 0. The molecule has 3 heterocycles. The molecule has 1 unspecified atom stereocenters. The number of amides is 1. The van der Waals surface area contributed by atoms with E-state index in [4.69, 9.17) is 9.47 Å². The van der Waals surface area contributed by atoms with E-state index in [-0.39, 0.29) is 18.5 Å². The molecule has 1 amide bonds. The minimum Gasteiger partial charge on any atom is -0.490 e. The van der Waals surface area contributed by atoms with Crippen molar-refractivity contribution in [3.05, 3.63) is 53.6 Å². The Morgan fingerprint density at radius 2 is 1.88 bits per heavy atom. The van der Waals surface area contributed by atoms with Crippen molar-refractivity contribution in [2.24, 2.45) is 0 Å². The van der Waals surface area contributed by atoms with E-state index in [1.165, 1.54) is 10.4 Å². The van der Waals surface area contributed by atoms with E-state index in [0.717, 1.165) is 54.9 Å². The van der Waals surface area contributed by atoms with Crippen molar-refractivity contribution >= 4 is 5.91 Å². The van der Waals surface area contributed by atoms with Gasteiger partial charge in [0.05, 0.1) is 19.3 Å². The molecule has 2 aliphatic heterocycles. The molecule has 0 radical (unpaired) electrons. The summed E-state index contributed by atoms with van der Waals surface area (Å²) >= 11 is 0. The zero-order chi connectivity index (χ0) is 21.9. The number of carbonyl (C=O) groups excluding carboxylic acids is 1. The normalized spacial score (nSPS) is 17.9. The molecule has 0 N–H and O–H groups in total. The molecule has 0 bridgehead atoms. The largest absolute Gasteiger partial charge is 0.490 e. The molecular weight excluding hydrogens is 406 g/mol. The smallest absolute Gasteiger partial charge is 0.246 e. The standard InChI is InChI=1S/C24H27N5O3/c1-2-17-6-8-18(9-7-17)24-25-27-29(26-24)16-23(30)28-12-3-5-20(28)19-10-11-21-22(15-19)32-14-4-13-31-21/h6-11,15,20H,2-5,12-14,16H2,1H3. The molecule has 1 saturated heterocycles. The molecule has 2 aromatic carbocycles. The van der Waals surface area contributed by atoms with Crippen LogP contribution >= 0.6 is 0 Å². The monoisotopic (exact) mass is 433 g/mol. The van der Waals surface area contributed by atoms with Crippen LogP contribution in [0.3, 0.4) is 0 Å². The van der Waals surface area contributed by atoms with Crippen LogP contribution in [0, 0.1) is 0 Å². The fourth-order valence-corrected chi connectivity index (χ4v) is 4.33. The van der Waals surface area contributed by atoms with Crippen LogP contribution in [0.5, 0.6) is 11.5 Å². The lowest BCUT2D eigenvalue weighted by molar-refractivity contribution is -0.133. The lowest BCUT2D eigenvalue weighted by Crippen LogP contribution is -2.34. The van der Waals surface area contributed by atoms with E-state index < -0.39 is 0 Å². The molecule has 8 heteroatoms. The summed E-state index contributed by atoms with van der Waals surface area (Å²) in [6, 6.07) is 14.1. The van der Waals surface area contributed by atoms with E-state index in [1.54, 1.807) is 0 Å². The van der Waals surface area contributed by atoms with Crippen LogP contribution in [-0.4, -0.2) is 50.8 Å². The van der Waals surface area contributed by atoms with Crippen molar-refractivity contribution in [3.8, 4) is 22.9 Å². The van der Waals surface area contributed by atoms with Gasteiger partial charge in [-0.3, -0.25) is 4.79 Å². The summed E-state index contributed by atoms with van der Waals surface area (Å²) in [6.07, 6.45) is 3.73. The predicted molar refractivity (Wildman–Crippen MR) is 118 cm³/mol. The first-order chi connectivity index (χ1) is 15.7. The third kappa shape index (κ3) is 4.17. The Balaban J connectivity index is 1.29. The number of tetrazole rings is 1. The zero-order valence-corrected chi connectivity index (χ0v) is 18.2. The topological polar surface area (TPSA) is 82.4 Å². The van der Waals surface area contributed by atoms with Crippen molar-refractivity contribution in [1.82, 2.24) is 25.1 Å². The first-order valence-corrected chi connectivity index (χ1v) is 11.3. The van der Waals surface area contributed by atoms with Crippen molar-refractivity contribution in [2.75, 3.05) is 19.8 Å². The van der Waals surface area contributed by atoms with Gasteiger partial charge in [-0.1, -0.05) is 37.3 Å². The lowest BCUT2D eigenvalue weighted by Gasteiger charge is -2.25. The van der Waals surface area contributed by atoms with Gasteiger partial charge in [-0.15, -0.1) is 10.2 Å². The molecule has 5 rings (SSSR count). The molecular formula is C24H27N5O3. The summed E-state index contributed by atoms with van der Waals surface area (Å²) in [5, 5.41) is 12.7. The molecule has 32 heavy (non-hydrogen) atoms. The number of fused-ring (bicyclic) bond motifs is 1. The van der Waals surface area contributed by atoms with Crippen LogP contribution in [0.2, 0.25) is 0 Å². The van der Waals surface area contributed by atoms with Crippen LogP contribution in [-0.2, 0) is 17.8 Å². The molecule has 1 fully saturated rings. The van der Waals surface area contributed by atoms with Gasteiger partial charge in [-0.25, -0.2) is 0 Å². The number of hydrogen-bond acceptors (Lipinski definition) is 6. The summed E-state index contributed by atoms with van der Waals surface area (Å²) in [5.74, 6) is 2.05. The molecule has 3 aromatic rings.